The molecule has 3 fully saturated rings. The number of hydrogen-bond donors (Lipinski definition) is 3. The number of anilines is 2. The number of aromatic nitrogens is 4. The molecule has 3 aliphatic rings. The van der Waals surface area contributed by atoms with Crippen LogP contribution in [-0.2, 0) is 9.57 Å². The fourth-order valence-electron chi connectivity index (χ4n) is 5.52. The highest BCUT2D eigenvalue weighted by molar-refractivity contribution is 5.84. The molecule has 0 radical (unpaired) electrons. The first kappa shape index (κ1) is 24.8. The van der Waals surface area contributed by atoms with Gasteiger partial charge in [-0.2, -0.15) is 9.97 Å². The standard InChI is InChI=1S/C25H38N8O3/c1-2-15-35-25(34)36-32-13-11-19(12-14-32)28-22-21-23(33(16-27-21)20-5-3-4-6-20)31-24(30-22)29-18-9-7-17(26)8-10-18/h2,16-20H,1,3-15,26H2,(H2,28,29,30,31)/t17-,18-. The van der Waals surface area contributed by atoms with Crippen LogP contribution in [0.25, 0.3) is 11.2 Å². The molecule has 196 valence electrons. The number of ether oxygens (including phenoxy) is 1. The number of hydrogen-bond acceptors (Lipinski definition) is 10. The fraction of sp³-hybridized carbons (Fsp3) is 0.680. The minimum absolute atomic E-state index is 0.137. The van der Waals surface area contributed by atoms with Crippen molar-refractivity contribution in [2.75, 3.05) is 30.3 Å². The van der Waals surface area contributed by atoms with E-state index in [1.54, 1.807) is 5.06 Å². The summed E-state index contributed by atoms with van der Waals surface area (Å²) in [7, 11) is 0. The molecule has 2 aromatic rings. The zero-order chi connectivity index (χ0) is 24.9. The minimum Gasteiger partial charge on any atom is -0.429 e. The molecule has 0 amide bonds. The Labute approximate surface area is 211 Å². The lowest BCUT2D eigenvalue weighted by molar-refractivity contribution is -0.136. The highest BCUT2D eigenvalue weighted by atomic mass is 16.8. The van der Waals surface area contributed by atoms with E-state index in [0.717, 1.165) is 68.3 Å². The van der Waals surface area contributed by atoms with Crippen LogP contribution >= 0.6 is 0 Å². The topological polar surface area (TPSA) is 132 Å². The van der Waals surface area contributed by atoms with Gasteiger partial charge < -0.3 is 30.5 Å². The molecule has 11 heteroatoms. The van der Waals surface area contributed by atoms with E-state index in [9.17, 15) is 4.79 Å². The van der Waals surface area contributed by atoms with Gasteiger partial charge >= 0.3 is 6.16 Å². The largest absolute Gasteiger partial charge is 0.528 e. The molecule has 3 heterocycles. The van der Waals surface area contributed by atoms with Gasteiger partial charge in [-0.3, -0.25) is 0 Å². The van der Waals surface area contributed by atoms with E-state index in [4.69, 9.17) is 30.3 Å². The van der Waals surface area contributed by atoms with Gasteiger partial charge in [0.25, 0.3) is 0 Å². The van der Waals surface area contributed by atoms with Crippen molar-refractivity contribution in [1.29, 1.82) is 0 Å². The SMILES string of the molecule is C=CCOC(=O)ON1CCC(Nc2nc(N[C@H]3CC[C@H](N)CC3)nc3c2ncn3C2CCCC2)CC1. The predicted molar refractivity (Wildman–Crippen MR) is 138 cm³/mol. The van der Waals surface area contributed by atoms with Crippen LogP contribution in [0, 0.1) is 0 Å². The summed E-state index contributed by atoms with van der Waals surface area (Å²) in [4.78, 5) is 31.6. The third-order valence-electron chi connectivity index (χ3n) is 7.56. The van der Waals surface area contributed by atoms with Crippen molar-refractivity contribution in [3.8, 4) is 0 Å². The van der Waals surface area contributed by atoms with Gasteiger partial charge in [0.05, 0.1) is 6.33 Å². The van der Waals surface area contributed by atoms with Crippen LogP contribution in [0.5, 0.6) is 0 Å². The highest BCUT2D eigenvalue weighted by Gasteiger charge is 2.27. The van der Waals surface area contributed by atoms with E-state index in [0.29, 0.717) is 37.2 Å². The molecular weight excluding hydrogens is 460 g/mol. The molecule has 2 aromatic heterocycles. The van der Waals surface area contributed by atoms with Gasteiger partial charge in [-0.1, -0.05) is 25.5 Å². The molecule has 1 aliphatic heterocycles. The Balaban J connectivity index is 1.30. The van der Waals surface area contributed by atoms with E-state index in [1.165, 1.54) is 18.9 Å². The van der Waals surface area contributed by atoms with Gasteiger partial charge in [-0.05, 0) is 51.4 Å². The van der Waals surface area contributed by atoms with E-state index in [2.05, 4.69) is 21.8 Å². The van der Waals surface area contributed by atoms with Crippen molar-refractivity contribution in [2.24, 2.45) is 5.73 Å². The first-order chi connectivity index (χ1) is 17.6. The fourth-order valence-corrected chi connectivity index (χ4v) is 5.52. The summed E-state index contributed by atoms with van der Waals surface area (Å²) in [5.74, 6) is 1.41. The molecule has 2 saturated carbocycles. The molecule has 0 bridgehead atoms. The van der Waals surface area contributed by atoms with Crippen LogP contribution in [0.15, 0.2) is 19.0 Å². The summed E-state index contributed by atoms with van der Waals surface area (Å²) in [6, 6.07) is 1.26. The van der Waals surface area contributed by atoms with Crippen LogP contribution in [0.2, 0.25) is 0 Å². The zero-order valence-corrected chi connectivity index (χ0v) is 20.9. The molecule has 0 atom stereocenters. The third kappa shape index (κ3) is 5.89. The molecule has 11 nitrogen and oxygen atoms in total. The molecule has 36 heavy (non-hydrogen) atoms. The number of fused-ring (bicyclic) bond motifs is 1. The summed E-state index contributed by atoms with van der Waals surface area (Å²) < 4.78 is 7.15. The van der Waals surface area contributed by atoms with Crippen LogP contribution < -0.4 is 16.4 Å². The van der Waals surface area contributed by atoms with Crippen molar-refractivity contribution < 1.29 is 14.4 Å². The van der Waals surface area contributed by atoms with Gasteiger partial charge in [0.2, 0.25) is 5.95 Å². The maximum atomic E-state index is 11.7. The van der Waals surface area contributed by atoms with E-state index < -0.39 is 6.16 Å². The van der Waals surface area contributed by atoms with Gasteiger partial charge in [-0.25, -0.2) is 9.78 Å². The number of carbonyl (C=O) groups is 1. The van der Waals surface area contributed by atoms with Crippen LogP contribution in [0.4, 0.5) is 16.6 Å². The second kappa shape index (κ2) is 11.4. The van der Waals surface area contributed by atoms with E-state index in [1.807, 2.05) is 6.33 Å². The molecule has 0 spiro atoms. The highest BCUT2D eigenvalue weighted by Crippen LogP contribution is 2.34. The van der Waals surface area contributed by atoms with Crippen molar-refractivity contribution in [3.05, 3.63) is 19.0 Å². The first-order valence-corrected chi connectivity index (χ1v) is 13.3. The Morgan fingerprint density at radius 2 is 1.78 bits per heavy atom. The summed E-state index contributed by atoms with van der Waals surface area (Å²) >= 11 is 0. The molecule has 5 rings (SSSR count). The van der Waals surface area contributed by atoms with E-state index in [-0.39, 0.29) is 12.6 Å². The average molecular weight is 499 g/mol. The maximum absolute atomic E-state index is 11.7. The number of nitrogens with two attached hydrogens (primary N) is 1. The lowest BCUT2D eigenvalue weighted by atomic mass is 9.92. The number of nitrogens with zero attached hydrogens (tertiary/aromatic N) is 5. The Hall–Kier alpha value is -2.92. The zero-order valence-electron chi connectivity index (χ0n) is 20.9. The van der Waals surface area contributed by atoms with Gasteiger partial charge in [0.1, 0.15) is 6.61 Å². The van der Waals surface area contributed by atoms with Gasteiger partial charge in [-0.15, -0.1) is 5.06 Å². The lowest BCUT2D eigenvalue weighted by Crippen LogP contribution is -2.40. The molecular formula is C25H38N8O3. The van der Waals surface area contributed by atoms with Crippen molar-refractivity contribution >= 4 is 29.1 Å². The first-order valence-electron chi connectivity index (χ1n) is 13.3. The van der Waals surface area contributed by atoms with E-state index >= 15 is 0 Å². The lowest BCUT2D eigenvalue weighted by Gasteiger charge is -2.31. The summed E-state index contributed by atoms with van der Waals surface area (Å²) in [6.45, 7) is 4.89. The Morgan fingerprint density at radius 3 is 2.50 bits per heavy atom. The Morgan fingerprint density at radius 1 is 1.06 bits per heavy atom. The number of piperidine rings is 1. The normalized spacial score (nSPS) is 24.0. The predicted octanol–water partition coefficient (Wildman–Crippen LogP) is 3.75. The molecule has 4 N–H and O–H groups in total. The summed E-state index contributed by atoms with van der Waals surface area (Å²) in [5.41, 5.74) is 7.80. The maximum Gasteiger partial charge on any atom is 0.528 e. The molecule has 0 unspecified atom stereocenters. The molecule has 1 saturated heterocycles. The van der Waals surface area contributed by atoms with Crippen LogP contribution in [-0.4, -0.2) is 68.6 Å². The second-order valence-corrected chi connectivity index (χ2v) is 10.2. The van der Waals surface area contributed by atoms with Crippen molar-refractivity contribution in [3.63, 3.8) is 0 Å². The van der Waals surface area contributed by atoms with Crippen LogP contribution in [0.1, 0.15) is 70.3 Å². The van der Waals surface area contributed by atoms with Crippen molar-refractivity contribution in [2.45, 2.75) is 88.4 Å². The van der Waals surface area contributed by atoms with Gasteiger partial charge in [0, 0.05) is 37.3 Å². The van der Waals surface area contributed by atoms with Gasteiger partial charge in [0.15, 0.2) is 17.0 Å². The van der Waals surface area contributed by atoms with Crippen molar-refractivity contribution in [1.82, 2.24) is 24.6 Å². The number of rotatable bonds is 8. The average Bonchev–Trinajstić information content (AvgIpc) is 3.55. The Bertz CT molecular complexity index is 1040. The van der Waals surface area contributed by atoms with Crippen LogP contribution in [0.3, 0.4) is 0 Å². The number of nitrogens with one attached hydrogen (secondary N) is 2. The number of imidazole rings is 1. The number of carbonyl (C=O) groups excluding carboxylic acids is 1. The smallest absolute Gasteiger partial charge is 0.429 e. The number of hydroxylamine groups is 2. The minimum atomic E-state index is -0.698. The summed E-state index contributed by atoms with van der Waals surface area (Å²) in [5, 5.41) is 8.85. The monoisotopic (exact) mass is 498 g/mol. The quantitative estimate of drug-likeness (QED) is 0.365. The molecule has 0 aromatic carbocycles. The Kier molecular flexibility index (Phi) is 7.86. The third-order valence-corrected chi connectivity index (χ3v) is 7.56. The molecule has 2 aliphatic carbocycles. The summed E-state index contributed by atoms with van der Waals surface area (Å²) in [6.07, 6.45) is 13.3. The second-order valence-electron chi connectivity index (χ2n) is 10.2.